The summed E-state index contributed by atoms with van der Waals surface area (Å²) in [6.07, 6.45) is -4.43. The van der Waals surface area contributed by atoms with Gasteiger partial charge in [0.25, 0.3) is 0 Å². The van der Waals surface area contributed by atoms with Gasteiger partial charge in [-0.25, -0.2) is 4.68 Å². The van der Waals surface area contributed by atoms with Crippen LogP contribution in [0.5, 0.6) is 5.75 Å². The highest BCUT2D eigenvalue weighted by atomic mass is 19.4. The van der Waals surface area contributed by atoms with E-state index in [1.165, 1.54) is 12.1 Å². The smallest absolute Gasteiger partial charge is 0.416 e. The lowest BCUT2D eigenvalue weighted by Crippen LogP contribution is -2.40. The summed E-state index contributed by atoms with van der Waals surface area (Å²) in [6.45, 7) is 2.50. The van der Waals surface area contributed by atoms with Gasteiger partial charge in [0.2, 0.25) is 0 Å². The minimum absolute atomic E-state index is 0.381. The van der Waals surface area contributed by atoms with Crippen LogP contribution in [0.1, 0.15) is 28.6 Å². The van der Waals surface area contributed by atoms with Crippen LogP contribution in [0.2, 0.25) is 0 Å². The fraction of sp³-hybridized carbons (Fsp3) is 0.381. The SMILES string of the molecule is COc1ccc(Cn2nnnc2[C@H](c2cccc(C(F)(F)F)c2)N2CCOCC2)cc1. The number of methoxy groups -OCH3 is 1. The standard InChI is InChI=1S/C21H22F3N5O2/c1-30-18-7-5-15(6-8-18)14-29-20(25-26-27-29)19(28-9-11-31-12-10-28)16-3-2-4-17(13-16)21(22,23)24/h2-8,13,19H,9-12,14H2,1H3/t19-/m0/s1. The normalized spacial score (nSPS) is 16.3. The van der Waals surface area contributed by atoms with Crippen molar-refractivity contribution in [3.8, 4) is 5.75 Å². The molecule has 10 heteroatoms. The monoisotopic (exact) mass is 433 g/mol. The van der Waals surface area contributed by atoms with E-state index in [9.17, 15) is 13.2 Å². The molecule has 164 valence electrons. The van der Waals surface area contributed by atoms with E-state index in [4.69, 9.17) is 9.47 Å². The first-order valence-electron chi connectivity index (χ1n) is 9.83. The fourth-order valence-electron chi connectivity index (χ4n) is 3.67. The summed E-state index contributed by atoms with van der Waals surface area (Å²) in [5.41, 5.74) is 0.735. The maximum absolute atomic E-state index is 13.4. The van der Waals surface area contributed by atoms with Crippen molar-refractivity contribution in [1.82, 2.24) is 25.1 Å². The number of hydrogen-bond acceptors (Lipinski definition) is 6. The highest BCUT2D eigenvalue weighted by Crippen LogP contribution is 2.34. The number of aromatic nitrogens is 4. The second-order valence-electron chi connectivity index (χ2n) is 7.22. The minimum atomic E-state index is -4.43. The third-order valence-electron chi connectivity index (χ3n) is 5.24. The Kier molecular flexibility index (Phi) is 6.19. The second kappa shape index (κ2) is 9.03. The largest absolute Gasteiger partial charge is 0.497 e. The summed E-state index contributed by atoms with van der Waals surface area (Å²) in [5, 5.41) is 12.1. The summed E-state index contributed by atoms with van der Waals surface area (Å²) in [7, 11) is 1.59. The Hall–Kier alpha value is -2.98. The zero-order valence-corrected chi connectivity index (χ0v) is 16.9. The maximum Gasteiger partial charge on any atom is 0.416 e. The summed E-state index contributed by atoms with van der Waals surface area (Å²) in [4.78, 5) is 2.05. The predicted molar refractivity (Wildman–Crippen MR) is 106 cm³/mol. The van der Waals surface area contributed by atoms with Gasteiger partial charge in [-0.3, -0.25) is 4.90 Å². The van der Waals surface area contributed by atoms with Crippen LogP contribution in [0.4, 0.5) is 13.2 Å². The molecule has 0 N–H and O–H groups in total. The van der Waals surface area contributed by atoms with Crippen LogP contribution in [0, 0.1) is 0 Å². The van der Waals surface area contributed by atoms with Gasteiger partial charge >= 0.3 is 6.18 Å². The quantitative estimate of drug-likeness (QED) is 0.595. The van der Waals surface area contributed by atoms with E-state index in [1.54, 1.807) is 17.9 Å². The van der Waals surface area contributed by atoms with Crippen molar-refractivity contribution in [1.29, 1.82) is 0 Å². The highest BCUT2D eigenvalue weighted by Gasteiger charge is 2.34. The van der Waals surface area contributed by atoms with Gasteiger partial charge in [0.1, 0.15) is 5.75 Å². The van der Waals surface area contributed by atoms with E-state index >= 15 is 0 Å². The highest BCUT2D eigenvalue weighted by molar-refractivity contribution is 5.32. The Labute approximate surface area is 177 Å². The van der Waals surface area contributed by atoms with Crippen LogP contribution in [0.15, 0.2) is 48.5 Å². The van der Waals surface area contributed by atoms with Gasteiger partial charge in [-0.2, -0.15) is 13.2 Å². The number of tetrazole rings is 1. The van der Waals surface area contributed by atoms with Crippen LogP contribution in [0.25, 0.3) is 0 Å². The molecule has 1 atom stereocenters. The Morgan fingerprint density at radius 1 is 1.10 bits per heavy atom. The number of morpholine rings is 1. The van der Waals surface area contributed by atoms with Crippen LogP contribution in [-0.2, 0) is 17.5 Å². The second-order valence-corrected chi connectivity index (χ2v) is 7.22. The lowest BCUT2D eigenvalue weighted by atomic mass is 10.0. The average Bonchev–Trinajstić information content (AvgIpc) is 3.22. The lowest BCUT2D eigenvalue weighted by Gasteiger charge is -2.34. The van der Waals surface area contributed by atoms with Gasteiger partial charge in [0.15, 0.2) is 5.82 Å². The molecule has 1 fully saturated rings. The topological polar surface area (TPSA) is 65.3 Å². The molecule has 0 amide bonds. The molecule has 0 aliphatic carbocycles. The van der Waals surface area contributed by atoms with E-state index in [0.29, 0.717) is 44.2 Å². The molecular weight excluding hydrogens is 411 g/mol. The van der Waals surface area contributed by atoms with Crippen LogP contribution < -0.4 is 4.74 Å². The number of ether oxygens (including phenoxy) is 2. The molecule has 4 rings (SSSR count). The lowest BCUT2D eigenvalue weighted by molar-refractivity contribution is -0.137. The molecule has 1 aromatic heterocycles. The first kappa shape index (κ1) is 21.3. The molecule has 7 nitrogen and oxygen atoms in total. The molecule has 0 radical (unpaired) electrons. The molecule has 3 aromatic rings. The van der Waals surface area contributed by atoms with Gasteiger partial charge in [-0.1, -0.05) is 24.3 Å². The van der Waals surface area contributed by atoms with Crippen molar-refractivity contribution < 1.29 is 22.6 Å². The number of halogens is 3. The van der Waals surface area contributed by atoms with Gasteiger partial charge in [0.05, 0.1) is 38.5 Å². The van der Waals surface area contributed by atoms with Crippen LogP contribution >= 0.6 is 0 Å². The van der Waals surface area contributed by atoms with Crippen molar-refractivity contribution in [2.75, 3.05) is 33.4 Å². The van der Waals surface area contributed by atoms with Crippen molar-refractivity contribution in [2.24, 2.45) is 0 Å². The number of benzene rings is 2. The fourth-order valence-corrected chi connectivity index (χ4v) is 3.67. The molecule has 31 heavy (non-hydrogen) atoms. The molecule has 0 saturated carbocycles. The van der Waals surface area contributed by atoms with E-state index in [0.717, 1.165) is 17.4 Å². The maximum atomic E-state index is 13.4. The minimum Gasteiger partial charge on any atom is -0.497 e. The van der Waals surface area contributed by atoms with E-state index in [1.807, 2.05) is 24.3 Å². The molecule has 1 aliphatic heterocycles. The Morgan fingerprint density at radius 2 is 1.84 bits per heavy atom. The molecule has 2 aromatic carbocycles. The zero-order chi connectivity index (χ0) is 21.8. The van der Waals surface area contributed by atoms with Crippen LogP contribution in [-0.4, -0.2) is 58.5 Å². The number of rotatable bonds is 6. The number of hydrogen-bond donors (Lipinski definition) is 0. The van der Waals surface area contributed by atoms with Crippen molar-refractivity contribution in [2.45, 2.75) is 18.8 Å². The first-order valence-corrected chi connectivity index (χ1v) is 9.83. The predicted octanol–water partition coefficient (Wildman–Crippen LogP) is 3.17. The molecule has 2 heterocycles. The molecular formula is C21H22F3N5O2. The third kappa shape index (κ3) is 4.86. The van der Waals surface area contributed by atoms with Crippen LogP contribution in [0.3, 0.4) is 0 Å². The summed E-state index contributed by atoms with van der Waals surface area (Å²) < 4.78 is 52.3. The van der Waals surface area contributed by atoms with Gasteiger partial charge < -0.3 is 9.47 Å². The number of nitrogens with zero attached hydrogens (tertiary/aromatic N) is 5. The van der Waals surface area contributed by atoms with E-state index < -0.39 is 17.8 Å². The van der Waals surface area contributed by atoms with Gasteiger partial charge in [-0.15, -0.1) is 5.10 Å². The molecule has 1 saturated heterocycles. The summed E-state index contributed by atoms with van der Waals surface area (Å²) >= 11 is 0. The van der Waals surface area contributed by atoms with E-state index in [-0.39, 0.29) is 0 Å². The van der Waals surface area contributed by atoms with E-state index in [2.05, 4.69) is 20.4 Å². The molecule has 0 bridgehead atoms. The Balaban J connectivity index is 1.71. The van der Waals surface area contributed by atoms with Crippen molar-refractivity contribution in [3.05, 3.63) is 71.0 Å². The first-order chi connectivity index (χ1) is 15.0. The average molecular weight is 433 g/mol. The Morgan fingerprint density at radius 3 is 2.52 bits per heavy atom. The molecule has 1 aliphatic rings. The third-order valence-corrected chi connectivity index (χ3v) is 5.24. The Bertz CT molecular complexity index is 1000. The van der Waals surface area contributed by atoms with Crippen molar-refractivity contribution in [3.63, 3.8) is 0 Å². The van der Waals surface area contributed by atoms with Crippen molar-refractivity contribution >= 4 is 0 Å². The molecule has 0 spiro atoms. The summed E-state index contributed by atoms with van der Waals surface area (Å²) in [6, 6.07) is 12.3. The van der Waals surface area contributed by atoms with Gasteiger partial charge in [0, 0.05) is 13.1 Å². The zero-order valence-electron chi connectivity index (χ0n) is 16.9. The summed E-state index contributed by atoms with van der Waals surface area (Å²) in [5.74, 6) is 1.22. The van der Waals surface area contributed by atoms with Gasteiger partial charge in [-0.05, 0) is 45.8 Å². The number of alkyl halides is 3. The molecule has 0 unspecified atom stereocenters.